The third-order valence-corrected chi connectivity index (χ3v) is 2.95. The fourth-order valence-corrected chi connectivity index (χ4v) is 1.76. The number of hydrogen-bond acceptors (Lipinski definition) is 4. The first-order valence-corrected chi connectivity index (χ1v) is 7.09. The minimum Gasteiger partial charge on any atom is -0.493 e. The molecule has 1 aliphatic carbocycles. The van der Waals surface area contributed by atoms with Gasteiger partial charge < -0.3 is 9.47 Å². The quantitative estimate of drug-likeness (QED) is 0.841. The van der Waals surface area contributed by atoms with Gasteiger partial charge in [0.25, 0.3) is 0 Å². The molecule has 0 bridgehead atoms. The van der Waals surface area contributed by atoms with Crippen LogP contribution in [-0.4, -0.2) is 24.6 Å². The fraction of sp³-hybridized carbons (Fsp3) is 0.500. The van der Waals surface area contributed by atoms with E-state index in [-0.39, 0.29) is 0 Å². The fourth-order valence-electron chi connectivity index (χ4n) is 1.76. The highest BCUT2D eigenvalue weighted by molar-refractivity contribution is 5.88. The molecule has 0 aliphatic heterocycles. The van der Waals surface area contributed by atoms with Gasteiger partial charge >= 0.3 is 6.09 Å². The van der Waals surface area contributed by atoms with Crippen LogP contribution < -0.4 is 10.1 Å². The number of ether oxygens (including phenoxy) is 2. The predicted molar refractivity (Wildman–Crippen MR) is 79.9 cm³/mol. The van der Waals surface area contributed by atoms with Crippen LogP contribution in [0.3, 0.4) is 0 Å². The number of anilines is 1. The normalized spacial score (nSPS) is 14.4. The average molecular weight is 291 g/mol. The van der Waals surface area contributed by atoms with Crippen LogP contribution in [0.4, 0.5) is 10.5 Å². The zero-order valence-corrected chi connectivity index (χ0v) is 12.6. The molecular weight excluding hydrogens is 270 g/mol. The Morgan fingerprint density at radius 3 is 2.67 bits per heavy atom. The summed E-state index contributed by atoms with van der Waals surface area (Å²) in [6, 6.07) is 4.97. The van der Waals surface area contributed by atoms with E-state index in [1.54, 1.807) is 39.0 Å². The van der Waals surface area contributed by atoms with Gasteiger partial charge in [-0.25, -0.2) is 4.79 Å². The first-order chi connectivity index (χ1) is 9.87. The maximum Gasteiger partial charge on any atom is 0.412 e. The van der Waals surface area contributed by atoms with Crippen LogP contribution in [0.15, 0.2) is 18.2 Å². The number of carbonyl (C=O) groups excluding carboxylic acids is 2. The summed E-state index contributed by atoms with van der Waals surface area (Å²) in [5.41, 5.74) is 0.361. The van der Waals surface area contributed by atoms with Crippen molar-refractivity contribution >= 4 is 18.1 Å². The van der Waals surface area contributed by atoms with E-state index in [1.165, 1.54) is 12.8 Å². The second kappa shape index (κ2) is 6.16. The Bertz CT molecular complexity index is 530. The first kappa shape index (κ1) is 15.4. The van der Waals surface area contributed by atoms with E-state index in [0.29, 0.717) is 29.5 Å². The molecule has 21 heavy (non-hydrogen) atoms. The average Bonchev–Trinajstić information content (AvgIpc) is 3.18. The molecule has 1 aliphatic rings. The van der Waals surface area contributed by atoms with E-state index >= 15 is 0 Å². The van der Waals surface area contributed by atoms with E-state index in [9.17, 15) is 9.59 Å². The Balaban J connectivity index is 2.00. The molecule has 1 aromatic carbocycles. The van der Waals surface area contributed by atoms with Crippen molar-refractivity contribution in [3.8, 4) is 5.75 Å². The SMILES string of the molecule is CC(C)(C)OC(=O)Nc1ccc(OCC2CC2)c(C=O)c1. The summed E-state index contributed by atoms with van der Waals surface area (Å²) in [6.45, 7) is 6.01. The topological polar surface area (TPSA) is 64.6 Å². The Labute approximate surface area is 124 Å². The Morgan fingerprint density at radius 2 is 2.10 bits per heavy atom. The van der Waals surface area contributed by atoms with Gasteiger partial charge in [-0.05, 0) is 57.7 Å². The van der Waals surface area contributed by atoms with E-state index in [2.05, 4.69) is 5.32 Å². The highest BCUT2D eigenvalue weighted by Crippen LogP contribution is 2.30. The Hall–Kier alpha value is -2.04. The largest absolute Gasteiger partial charge is 0.493 e. The van der Waals surface area contributed by atoms with Gasteiger partial charge in [0.15, 0.2) is 6.29 Å². The maximum atomic E-state index is 11.7. The summed E-state index contributed by atoms with van der Waals surface area (Å²) in [5, 5.41) is 2.60. The number of aldehydes is 1. The van der Waals surface area contributed by atoms with Gasteiger partial charge in [0.1, 0.15) is 11.4 Å². The van der Waals surface area contributed by atoms with E-state index in [4.69, 9.17) is 9.47 Å². The van der Waals surface area contributed by atoms with Crippen LogP contribution in [0.25, 0.3) is 0 Å². The summed E-state index contributed by atoms with van der Waals surface area (Å²) < 4.78 is 10.8. The van der Waals surface area contributed by atoms with Gasteiger partial charge in [-0.15, -0.1) is 0 Å². The molecule has 1 fully saturated rings. The van der Waals surface area contributed by atoms with Gasteiger partial charge in [-0.3, -0.25) is 10.1 Å². The smallest absolute Gasteiger partial charge is 0.412 e. The lowest BCUT2D eigenvalue weighted by Crippen LogP contribution is -2.27. The van der Waals surface area contributed by atoms with Crippen LogP contribution in [0.5, 0.6) is 5.75 Å². The minimum atomic E-state index is -0.565. The number of amides is 1. The molecule has 2 rings (SSSR count). The summed E-state index contributed by atoms with van der Waals surface area (Å²) in [4.78, 5) is 22.8. The number of hydrogen-bond donors (Lipinski definition) is 1. The molecular formula is C16H21NO4. The molecule has 1 amide bonds. The maximum absolute atomic E-state index is 11.7. The summed E-state index contributed by atoms with van der Waals surface area (Å²) in [7, 11) is 0. The molecule has 0 saturated heterocycles. The van der Waals surface area contributed by atoms with E-state index in [0.717, 1.165) is 6.29 Å². The number of nitrogens with one attached hydrogen (secondary N) is 1. The molecule has 5 nitrogen and oxygen atoms in total. The third kappa shape index (κ3) is 5.10. The molecule has 0 heterocycles. The van der Waals surface area contributed by atoms with Crippen molar-refractivity contribution in [2.45, 2.75) is 39.2 Å². The van der Waals surface area contributed by atoms with Crippen LogP contribution in [-0.2, 0) is 4.74 Å². The predicted octanol–water partition coefficient (Wildman–Crippen LogP) is 3.63. The van der Waals surface area contributed by atoms with Crippen LogP contribution in [0.1, 0.15) is 44.0 Å². The Morgan fingerprint density at radius 1 is 1.38 bits per heavy atom. The molecule has 0 aromatic heterocycles. The molecule has 1 saturated carbocycles. The molecule has 1 N–H and O–H groups in total. The zero-order valence-electron chi connectivity index (χ0n) is 12.6. The molecule has 114 valence electrons. The molecule has 1 aromatic rings. The van der Waals surface area contributed by atoms with Crippen molar-refractivity contribution in [2.75, 3.05) is 11.9 Å². The monoisotopic (exact) mass is 291 g/mol. The van der Waals surface area contributed by atoms with Crippen molar-refractivity contribution in [1.82, 2.24) is 0 Å². The van der Waals surface area contributed by atoms with E-state index < -0.39 is 11.7 Å². The van der Waals surface area contributed by atoms with Crippen molar-refractivity contribution < 1.29 is 19.1 Å². The molecule has 0 unspecified atom stereocenters. The lowest BCUT2D eigenvalue weighted by Gasteiger charge is -2.20. The van der Waals surface area contributed by atoms with Gasteiger partial charge in [0.05, 0.1) is 12.2 Å². The zero-order chi connectivity index (χ0) is 15.5. The van der Waals surface area contributed by atoms with Crippen molar-refractivity contribution in [3.63, 3.8) is 0 Å². The second-order valence-electron chi connectivity index (χ2n) is 6.25. The number of rotatable bonds is 5. The molecule has 5 heteroatoms. The highest BCUT2D eigenvalue weighted by atomic mass is 16.6. The third-order valence-electron chi connectivity index (χ3n) is 2.95. The van der Waals surface area contributed by atoms with Gasteiger partial charge in [-0.1, -0.05) is 0 Å². The summed E-state index contributed by atoms with van der Waals surface area (Å²) >= 11 is 0. The minimum absolute atomic E-state index is 0.421. The standard InChI is InChI=1S/C16H21NO4/c1-16(2,3)21-15(19)17-13-6-7-14(12(8-13)9-18)20-10-11-4-5-11/h6-9,11H,4-5,10H2,1-3H3,(H,17,19). The first-order valence-electron chi connectivity index (χ1n) is 7.09. The van der Waals surface area contributed by atoms with Crippen molar-refractivity contribution in [3.05, 3.63) is 23.8 Å². The van der Waals surface area contributed by atoms with Gasteiger partial charge in [-0.2, -0.15) is 0 Å². The van der Waals surface area contributed by atoms with Gasteiger partial charge in [0.2, 0.25) is 0 Å². The number of benzene rings is 1. The van der Waals surface area contributed by atoms with Crippen LogP contribution in [0.2, 0.25) is 0 Å². The number of carbonyl (C=O) groups is 2. The molecule has 0 atom stereocenters. The highest BCUT2D eigenvalue weighted by Gasteiger charge is 2.22. The lowest BCUT2D eigenvalue weighted by atomic mass is 10.2. The Kier molecular flexibility index (Phi) is 4.50. The molecule has 0 radical (unpaired) electrons. The van der Waals surface area contributed by atoms with Crippen molar-refractivity contribution in [1.29, 1.82) is 0 Å². The van der Waals surface area contributed by atoms with Crippen molar-refractivity contribution in [2.24, 2.45) is 5.92 Å². The summed E-state index contributed by atoms with van der Waals surface area (Å²) in [5.74, 6) is 1.16. The molecule has 0 spiro atoms. The van der Waals surface area contributed by atoms with Gasteiger partial charge in [0, 0.05) is 5.69 Å². The van der Waals surface area contributed by atoms with Crippen LogP contribution >= 0.6 is 0 Å². The van der Waals surface area contributed by atoms with Crippen LogP contribution in [0, 0.1) is 5.92 Å². The summed E-state index contributed by atoms with van der Waals surface area (Å²) in [6.07, 6.45) is 2.55. The lowest BCUT2D eigenvalue weighted by molar-refractivity contribution is 0.0635. The van der Waals surface area contributed by atoms with E-state index in [1.807, 2.05) is 0 Å². The second-order valence-corrected chi connectivity index (χ2v) is 6.25.